The number of nitrogens with one attached hydrogen (secondary N) is 1. The summed E-state index contributed by atoms with van der Waals surface area (Å²) < 4.78 is 29.6. The van der Waals surface area contributed by atoms with Crippen LogP contribution in [0.2, 0.25) is 0 Å². The van der Waals surface area contributed by atoms with Gasteiger partial charge in [-0.25, -0.2) is 13.1 Å². The van der Waals surface area contributed by atoms with Crippen molar-refractivity contribution in [2.75, 3.05) is 0 Å². The molecular formula is C20H22N4O2S. The predicted octanol–water partition coefficient (Wildman–Crippen LogP) is 3.54. The van der Waals surface area contributed by atoms with Crippen molar-refractivity contribution < 1.29 is 8.42 Å². The van der Waals surface area contributed by atoms with E-state index in [0.717, 1.165) is 24.2 Å². The maximum Gasteiger partial charge on any atom is 0.240 e. The zero-order valence-corrected chi connectivity index (χ0v) is 15.8. The maximum absolute atomic E-state index is 12.5. The Hall–Kier alpha value is -2.51. The number of hydrogen-bond donors (Lipinski definition) is 1. The molecule has 1 N–H and O–H groups in total. The number of rotatable bonds is 6. The van der Waals surface area contributed by atoms with Gasteiger partial charge in [-0.2, -0.15) is 5.10 Å². The second-order valence-corrected chi connectivity index (χ2v) is 8.52. The summed E-state index contributed by atoms with van der Waals surface area (Å²) in [5.41, 5.74) is 2.49. The van der Waals surface area contributed by atoms with E-state index in [-0.39, 0.29) is 11.4 Å². The molecule has 140 valence electrons. The molecule has 1 aliphatic rings. The summed E-state index contributed by atoms with van der Waals surface area (Å²) in [6.45, 7) is 0.150. The molecule has 7 heteroatoms. The molecule has 1 aromatic carbocycles. The van der Waals surface area contributed by atoms with Gasteiger partial charge in [-0.05, 0) is 43.2 Å². The fraction of sp³-hybridized carbons (Fsp3) is 0.300. The van der Waals surface area contributed by atoms with Gasteiger partial charge in [-0.1, -0.05) is 37.1 Å². The minimum atomic E-state index is -3.56. The van der Waals surface area contributed by atoms with Gasteiger partial charge < -0.3 is 0 Å². The van der Waals surface area contributed by atoms with Crippen LogP contribution < -0.4 is 4.72 Å². The second-order valence-electron chi connectivity index (χ2n) is 6.76. The monoisotopic (exact) mass is 382 g/mol. The Morgan fingerprint density at radius 3 is 2.48 bits per heavy atom. The van der Waals surface area contributed by atoms with Gasteiger partial charge in [0.15, 0.2) is 0 Å². The smallest absolute Gasteiger partial charge is 0.240 e. The fourth-order valence-corrected chi connectivity index (χ4v) is 4.54. The fourth-order valence-electron chi connectivity index (χ4n) is 3.52. The van der Waals surface area contributed by atoms with Gasteiger partial charge in [0.05, 0.1) is 34.6 Å². The lowest BCUT2D eigenvalue weighted by molar-refractivity contribution is 0.466. The van der Waals surface area contributed by atoms with Crippen LogP contribution in [0.25, 0.3) is 11.4 Å². The molecule has 3 aromatic rings. The highest BCUT2D eigenvalue weighted by Crippen LogP contribution is 2.33. The zero-order chi connectivity index (χ0) is 18.7. The predicted molar refractivity (Wildman–Crippen MR) is 103 cm³/mol. The molecule has 0 saturated heterocycles. The summed E-state index contributed by atoms with van der Waals surface area (Å²) in [4.78, 5) is 4.71. The van der Waals surface area contributed by atoms with E-state index in [9.17, 15) is 8.42 Å². The van der Waals surface area contributed by atoms with E-state index >= 15 is 0 Å². The summed E-state index contributed by atoms with van der Waals surface area (Å²) in [7, 11) is -3.56. The molecule has 1 saturated carbocycles. The van der Waals surface area contributed by atoms with Crippen LogP contribution in [0.3, 0.4) is 0 Å². The number of benzene rings is 1. The van der Waals surface area contributed by atoms with Crippen molar-refractivity contribution in [2.45, 2.75) is 43.2 Å². The Kier molecular flexibility index (Phi) is 5.05. The molecule has 0 bridgehead atoms. The van der Waals surface area contributed by atoms with Crippen LogP contribution >= 0.6 is 0 Å². The standard InChI is InChI=1S/C20H22N4O2S/c25-27(26,18-10-2-1-3-11-18)22-15-16-14-20(19-12-6-7-13-21-19)24(23-16)17-8-4-5-9-17/h1-3,6-7,10-14,17,22H,4-5,8-9,15H2. The highest BCUT2D eigenvalue weighted by atomic mass is 32.2. The van der Waals surface area contributed by atoms with Gasteiger partial charge in [0.1, 0.15) is 0 Å². The van der Waals surface area contributed by atoms with Gasteiger partial charge in [-0.15, -0.1) is 0 Å². The van der Waals surface area contributed by atoms with Gasteiger partial charge in [-0.3, -0.25) is 9.67 Å². The van der Waals surface area contributed by atoms with E-state index in [1.165, 1.54) is 12.8 Å². The Labute approximate surface area is 159 Å². The Morgan fingerprint density at radius 1 is 1.04 bits per heavy atom. The van der Waals surface area contributed by atoms with Crippen molar-refractivity contribution in [1.29, 1.82) is 0 Å². The molecule has 1 aliphatic carbocycles. The van der Waals surface area contributed by atoms with Crippen LogP contribution in [0.5, 0.6) is 0 Å². The molecule has 0 atom stereocenters. The molecule has 2 heterocycles. The SMILES string of the molecule is O=S(=O)(NCc1cc(-c2ccccn2)n(C2CCCC2)n1)c1ccccc1. The van der Waals surface area contributed by atoms with Crippen molar-refractivity contribution >= 4 is 10.0 Å². The molecule has 2 aromatic heterocycles. The Balaban J connectivity index is 1.60. The van der Waals surface area contributed by atoms with E-state index < -0.39 is 10.0 Å². The number of pyridine rings is 1. The second kappa shape index (κ2) is 7.62. The summed E-state index contributed by atoms with van der Waals surface area (Å²) in [6.07, 6.45) is 6.34. The molecule has 1 fully saturated rings. The van der Waals surface area contributed by atoms with Crippen LogP contribution in [0.4, 0.5) is 0 Å². The van der Waals surface area contributed by atoms with Crippen LogP contribution in [0.15, 0.2) is 65.7 Å². The largest absolute Gasteiger partial charge is 0.260 e. The molecule has 4 rings (SSSR count). The van der Waals surface area contributed by atoms with Crippen LogP contribution in [-0.4, -0.2) is 23.2 Å². The minimum absolute atomic E-state index is 0.150. The lowest BCUT2D eigenvalue weighted by Gasteiger charge is -2.13. The highest BCUT2D eigenvalue weighted by molar-refractivity contribution is 7.89. The van der Waals surface area contributed by atoms with Crippen LogP contribution in [0, 0.1) is 0 Å². The zero-order valence-electron chi connectivity index (χ0n) is 15.0. The van der Waals surface area contributed by atoms with Crippen LogP contribution in [-0.2, 0) is 16.6 Å². The normalized spacial score (nSPS) is 15.3. The minimum Gasteiger partial charge on any atom is -0.260 e. The van der Waals surface area contributed by atoms with Gasteiger partial charge in [0, 0.05) is 6.20 Å². The van der Waals surface area contributed by atoms with E-state index in [1.807, 2.05) is 28.9 Å². The van der Waals surface area contributed by atoms with E-state index in [2.05, 4.69) is 9.71 Å². The first kappa shape index (κ1) is 17.9. The molecule has 0 unspecified atom stereocenters. The molecular weight excluding hydrogens is 360 g/mol. The van der Waals surface area contributed by atoms with Crippen LogP contribution in [0.1, 0.15) is 37.4 Å². The molecule has 0 amide bonds. The van der Waals surface area contributed by atoms with Crippen molar-refractivity contribution in [3.05, 3.63) is 66.5 Å². The third-order valence-corrected chi connectivity index (χ3v) is 6.30. The average Bonchev–Trinajstić information content (AvgIpc) is 3.37. The van der Waals surface area contributed by atoms with Gasteiger partial charge in [0.2, 0.25) is 10.0 Å². The number of aromatic nitrogens is 3. The Morgan fingerprint density at radius 2 is 1.78 bits per heavy atom. The number of hydrogen-bond acceptors (Lipinski definition) is 4. The van der Waals surface area contributed by atoms with E-state index in [1.54, 1.807) is 36.5 Å². The maximum atomic E-state index is 12.5. The van der Waals surface area contributed by atoms with Gasteiger partial charge in [0.25, 0.3) is 0 Å². The molecule has 0 aliphatic heterocycles. The molecule has 0 spiro atoms. The molecule has 27 heavy (non-hydrogen) atoms. The lowest BCUT2D eigenvalue weighted by Crippen LogP contribution is -2.23. The summed E-state index contributed by atoms with van der Waals surface area (Å²) in [5, 5.41) is 4.72. The third-order valence-electron chi connectivity index (χ3n) is 4.88. The lowest BCUT2D eigenvalue weighted by atomic mass is 10.2. The quantitative estimate of drug-likeness (QED) is 0.707. The van der Waals surface area contributed by atoms with Crippen molar-refractivity contribution in [3.63, 3.8) is 0 Å². The number of sulfonamides is 1. The summed E-state index contributed by atoms with van der Waals surface area (Å²) >= 11 is 0. The summed E-state index contributed by atoms with van der Waals surface area (Å²) in [5.74, 6) is 0. The summed E-state index contributed by atoms with van der Waals surface area (Å²) in [6, 6.07) is 16.5. The van der Waals surface area contributed by atoms with E-state index in [0.29, 0.717) is 11.7 Å². The first-order valence-corrected chi connectivity index (χ1v) is 10.7. The first-order chi connectivity index (χ1) is 13.1. The van der Waals surface area contributed by atoms with Crippen molar-refractivity contribution in [1.82, 2.24) is 19.5 Å². The van der Waals surface area contributed by atoms with Crippen molar-refractivity contribution in [3.8, 4) is 11.4 Å². The molecule has 0 radical (unpaired) electrons. The van der Waals surface area contributed by atoms with Crippen molar-refractivity contribution in [2.24, 2.45) is 0 Å². The number of nitrogens with zero attached hydrogens (tertiary/aromatic N) is 3. The third kappa shape index (κ3) is 3.94. The first-order valence-electron chi connectivity index (χ1n) is 9.18. The van der Waals surface area contributed by atoms with Gasteiger partial charge >= 0.3 is 0 Å². The van der Waals surface area contributed by atoms with E-state index in [4.69, 9.17) is 5.10 Å². The Bertz CT molecular complexity index is 995. The molecule has 6 nitrogen and oxygen atoms in total. The average molecular weight is 382 g/mol. The highest BCUT2D eigenvalue weighted by Gasteiger charge is 2.23. The topological polar surface area (TPSA) is 76.9 Å².